The average molecular weight is 190 g/mol. The topological polar surface area (TPSA) is 93.0 Å². The summed E-state index contributed by atoms with van der Waals surface area (Å²) in [6, 6.07) is -0.687. The molecule has 6 nitrogen and oxygen atoms in total. The first-order valence-electron chi connectivity index (χ1n) is 4.07. The first kappa shape index (κ1) is 10.4. The van der Waals surface area contributed by atoms with E-state index in [1.807, 2.05) is 0 Å². The summed E-state index contributed by atoms with van der Waals surface area (Å²) in [4.78, 5) is 10.9. The molecular formula is C7H14N2O4. The zero-order chi connectivity index (χ0) is 10.0. The Kier molecular flexibility index (Phi) is 3.21. The Morgan fingerprint density at radius 1 is 1.62 bits per heavy atom. The van der Waals surface area contributed by atoms with Crippen LogP contribution in [0.15, 0.2) is 0 Å². The molecular weight excluding hydrogens is 176 g/mol. The van der Waals surface area contributed by atoms with Gasteiger partial charge in [0.2, 0.25) is 5.91 Å². The molecule has 0 aliphatic carbocycles. The molecule has 0 aromatic rings. The maximum absolute atomic E-state index is 10.9. The number of hydrogen-bond acceptors (Lipinski definition) is 5. The van der Waals surface area contributed by atoms with Gasteiger partial charge < -0.3 is 15.3 Å². The van der Waals surface area contributed by atoms with Crippen molar-refractivity contribution in [3.05, 3.63) is 0 Å². The largest absolute Gasteiger partial charge is 0.395 e. The Bertz CT molecular complexity index is 199. The van der Waals surface area contributed by atoms with Crippen LogP contribution in [0.5, 0.6) is 0 Å². The van der Waals surface area contributed by atoms with Crippen LogP contribution in [-0.4, -0.2) is 57.6 Å². The number of aliphatic hydroxyl groups excluding tert-OH is 3. The van der Waals surface area contributed by atoms with Crippen LogP contribution in [0.2, 0.25) is 0 Å². The molecule has 1 heterocycles. The van der Waals surface area contributed by atoms with Gasteiger partial charge >= 0.3 is 0 Å². The van der Waals surface area contributed by atoms with Crippen molar-refractivity contribution in [2.45, 2.75) is 25.2 Å². The maximum Gasteiger partial charge on any atom is 0.233 e. The van der Waals surface area contributed by atoms with Crippen LogP contribution < -0.4 is 5.43 Å². The molecule has 1 saturated heterocycles. The van der Waals surface area contributed by atoms with Crippen LogP contribution in [-0.2, 0) is 4.79 Å². The Morgan fingerprint density at radius 2 is 2.23 bits per heavy atom. The van der Waals surface area contributed by atoms with Crippen molar-refractivity contribution in [1.82, 2.24) is 10.4 Å². The minimum atomic E-state index is -1.04. The molecule has 0 aromatic carbocycles. The van der Waals surface area contributed by atoms with Gasteiger partial charge in [0.05, 0.1) is 19.2 Å². The van der Waals surface area contributed by atoms with E-state index >= 15 is 0 Å². The predicted molar refractivity (Wildman–Crippen MR) is 43.4 cm³/mol. The van der Waals surface area contributed by atoms with Gasteiger partial charge in [-0.3, -0.25) is 9.80 Å². The fourth-order valence-corrected chi connectivity index (χ4v) is 1.26. The number of carbonyl (C=O) groups is 1. The third-order valence-electron chi connectivity index (χ3n) is 2.07. The standard InChI is InChI=1S/C7H14N2O4/c1-4(11)9-2-6(12)7(13)5(3-10)8-9/h5-8,10,12-13H,2-3H2,1H3/t5-,6-,7-/m0/s1. The van der Waals surface area contributed by atoms with E-state index in [0.29, 0.717) is 0 Å². The molecule has 1 aliphatic rings. The van der Waals surface area contributed by atoms with Crippen LogP contribution in [0.25, 0.3) is 0 Å². The van der Waals surface area contributed by atoms with E-state index in [1.54, 1.807) is 0 Å². The highest BCUT2D eigenvalue weighted by Gasteiger charge is 2.34. The molecule has 3 atom stereocenters. The van der Waals surface area contributed by atoms with E-state index in [9.17, 15) is 15.0 Å². The summed E-state index contributed by atoms with van der Waals surface area (Å²) < 4.78 is 0. The molecule has 0 saturated carbocycles. The fourth-order valence-electron chi connectivity index (χ4n) is 1.26. The molecule has 0 aromatic heterocycles. The number of β-amino-alcohol motifs (C(OH)–C–C–N with tert-alkyl or cyclic N) is 1. The maximum atomic E-state index is 10.9. The molecule has 1 rings (SSSR count). The predicted octanol–water partition coefficient (Wildman–Crippen LogP) is -2.56. The van der Waals surface area contributed by atoms with Gasteiger partial charge in [-0.05, 0) is 0 Å². The van der Waals surface area contributed by atoms with E-state index in [4.69, 9.17) is 5.11 Å². The molecule has 1 amide bonds. The van der Waals surface area contributed by atoms with Gasteiger partial charge in [0, 0.05) is 6.92 Å². The van der Waals surface area contributed by atoms with Crippen molar-refractivity contribution in [2.24, 2.45) is 0 Å². The van der Waals surface area contributed by atoms with Gasteiger partial charge in [-0.1, -0.05) is 0 Å². The third-order valence-corrected chi connectivity index (χ3v) is 2.07. The van der Waals surface area contributed by atoms with Crippen molar-refractivity contribution in [3.8, 4) is 0 Å². The average Bonchev–Trinajstić information content (AvgIpc) is 2.09. The zero-order valence-electron chi connectivity index (χ0n) is 7.34. The lowest BCUT2D eigenvalue weighted by Gasteiger charge is -2.38. The summed E-state index contributed by atoms with van der Waals surface area (Å²) in [5, 5.41) is 28.6. The smallest absolute Gasteiger partial charge is 0.233 e. The molecule has 6 heteroatoms. The second kappa shape index (κ2) is 4.01. The molecule has 76 valence electrons. The van der Waals surface area contributed by atoms with E-state index in [2.05, 4.69) is 5.43 Å². The van der Waals surface area contributed by atoms with E-state index in [0.717, 1.165) is 0 Å². The Hall–Kier alpha value is -0.690. The minimum absolute atomic E-state index is 0.0347. The van der Waals surface area contributed by atoms with Gasteiger partial charge in [0.15, 0.2) is 0 Å². The van der Waals surface area contributed by atoms with Gasteiger partial charge in [0.25, 0.3) is 0 Å². The number of aliphatic hydroxyl groups is 3. The Morgan fingerprint density at radius 3 is 2.69 bits per heavy atom. The summed E-state index contributed by atoms with van der Waals surface area (Å²) in [7, 11) is 0. The highest BCUT2D eigenvalue weighted by molar-refractivity contribution is 5.72. The zero-order valence-corrected chi connectivity index (χ0v) is 7.34. The number of nitrogens with zero attached hydrogens (tertiary/aromatic N) is 1. The minimum Gasteiger partial charge on any atom is -0.395 e. The van der Waals surface area contributed by atoms with Gasteiger partial charge in [-0.2, -0.15) is 0 Å². The number of nitrogens with one attached hydrogen (secondary N) is 1. The highest BCUT2D eigenvalue weighted by atomic mass is 16.3. The Balaban J connectivity index is 2.63. The summed E-state index contributed by atoms with van der Waals surface area (Å²) in [5.74, 6) is -0.260. The van der Waals surface area contributed by atoms with Crippen LogP contribution in [0, 0.1) is 0 Å². The first-order chi connectivity index (χ1) is 6.06. The third kappa shape index (κ3) is 2.16. The number of amides is 1. The van der Waals surface area contributed by atoms with Gasteiger partial charge in [-0.15, -0.1) is 0 Å². The first-order valence-corrected chi connectivity index (χ1v) is 4.07. The van der Waals surface area contributed by atoms with Crippen molar-refractivity contribution < 1.29 is 20.1 Å². The quantitative estimate of drug-likeness (QED) is 0.365. The number of carbonyl (C=O) groups excluding carboxylic acids is 1. The molecule has 0 bridgehead atoms. The monoisotopic (exact) mass is 190 g/mol. The Labute approximate surface area is 75.7 Å². The van der Waals surface area contributed by atoms with Crippen molar-refractivity contribution in [2.75, 3.05) is 13.2 Å². The second-order valence-corrected chi connectivity index (χ2v) is 3.11. The van der Waals surface area contributed by atoms with Crippen molar-refractivity contribution in [1.29, 1.82) is 0 Å². The molecule has 13 heavy (non-hydrogen) atoms. The lowest BCUT2D eigenvalue weighted by molar-refractivity contribution is -0.147. The second-order valence-electron chi connectivity index (χ2n) is 3.11. The van der Waals surface area contributed by atoms with Crippen molar-refractivity contribution >= 4 is 5.91 Å². The lowest BCUT2D eigenvalue weighted by atomic mass is 10.0. The number of hydrogen-bond donors (Lipinski definition) is 4. The van der Waals surface area contributed by atoms with Gasteiger partial charge in [-0.25, -0.2) is 5.43 Å². The van der Waals surface area contributed by atoms with Crippen LogP contribution in [0.4, 0.5) is 0 Å². The molecule has 0 spiro atoms. The number of rotatable bonds is 1. The lowest BCUT2D eigenvalue weighted by Crippen LogP contribution is -2.64. The van der Waals surface area contributed by atoms with Crippen LogP contribution in [0.3, 0.4) is 0 Å². The normalized spacial score (nSPS) is 34.8. The summed E-state index contributed by atoms with van der Waals surface area (Å²) in [5.41, 5.74) is 2.61. The van der Waals surface area contributed by atoms with Crippen molar-refractivity contribution in [3.63, 3.8) is 0 Å². The molecule has 1 aliphatic heterocycles. The summed E-state index contributed by atoms with van der Waals surface area (Å²) in [6.07, 6.45) is -2.05. The fraction of sp³-hybridized carbons (Fsp3) is 0.857. The number of hydrazine groups is 1. The highest BCUT2D eigenvalue weighted by Crippen LogP contribution is 2.08. The summed E-state index contributed by atoms with van der Waals surface area (Å²) in [6.45, 7) is 1.04. The van der Waals surface area contributed by atoms with E-state index in [1.165, 1.54) is 11.9 Å². The van der Waals surface area contributed by atoms with Crippen LogP contribution in [0.1, 0.15) is 6.92 Å². The molecule has 1 fully saturated rings. The SMILES string of the molecule is CC(=O)N1C[C@H](O)[C@@H](O)[C@H](CO)N1. The summed E-state index contributed by atoms with van der Waals surface area (Å²) >= 11 is 0. The molecule has 4 N–H and O–H groups in total. The molecule has 0 radical (unpaired) electrons. The van der Waals surface area contributed by atoms with Crippen LogP contribution >= 0.6 is 0 Å². The van der Waals surface area contributed by atoms with Gasteiger partial charge in [0.1, 0.15) is 12.2 Å². The van der Waals surface area contributed by atoms with E-state index < -0.39 is 18.2 Å². The molecule has 0 unspecified atom stereocenters. The van der Waals surface area contributed by atoms with E-state index in [-0.39, 0.29) is 19.1 Å².